The van der Waals surface area contributed by atoms with E-state index in [1.807, 2.05) is 18.2 Å². The highest BCUT2D eigenvalue weighted by Crippen LogP contribution is 2.03. The maximum absolute atomic E-state index is 11.7. The van der Waals surface area contributed by atoms with Gasteiger partial charge in [-0.25, -0.2) is 9.59 Å². The Balaban J connectivity index is 2.48. The molecule has 1 rings (SSSR count). The van der Waals surface area contributed by atoms with Crippen molar-refractivity contribution in [3.05, 3.63) is 48.5 Å². The Hall–Kier alpha value is -2.34. The fourth-order valence-electron chi connectivity index (χ4n) is 1.58. The molecule has 0 unspecified atom stereocenters. The molecule has 0 aliphatic heterocycles. The average Bonchev–Trinajstić information content (AvgIpc) is 2.51. The van der Waals surface area contributed by atoms with Gasteiger partial charge in [0.15, 0.2) is 6.04 Å². The number of nitrogens with one attached hydrogen (secondary N) is 1. The molecule has 0 aliphatic carbocycles. The molecule has 6 heteroatoms. The molecule has 0 aromatic heterocycles. The van der Waals surface area contributed by atoms with E-state index in [0.29, 0.717) is 0 Å². The second-order valence-electron chi connectivity index (χ2n) is 4.30. The zero-order valence-corrected chi connectivity index (χ0v) is 11.7. The summed E-state index contributed by atoms with van der Waals surface area (Å²) >= 11 is 0. The first-order chi connectivity index (χ1) is 10.5. The number of carbonyl (C=O) groups excluding carboxylic acids is 1. The monoisotopic (exact) mass is 294 g/mol. The number of alkyl carbamates (subject to hydrolysis) is 1. The smallest absolute Gasteiger partial charge is 0.408 e. The van der Waals surface area contributed by atoms with Crippen molar-refractivity contribution in [1.29, 1.82) is 0 Å². The lowest BCUT2D eigenvalue weighted by Gasteiger charge is -2.21. The highest BCUT2D eigenvalue weighted by Gasteiger charge is 2.27. The molecule has 1 aromatic rings. The van der Waals surface area contributed by atoms with Crippen molar-refractivity contribution in [2.75, 3.05) is 6.61 Å². The summed E-state index contributed by atoms with van der Waals surface area (Å²) in [5.74, 6) is -1.22. The Kier molecular flexibility index (Phi) is 6.28. The van der Waals surface area contributed by atoms with Crippen molar-refractivity contribution in [1.82, 2.24) is 5.32 Å². The van der Waals surface area contributed by atoms with Crippen LogP contribution in [0, 0.1) is 0 Å². The van der Waals surface area contributed by atoms with Crippen molar-refractivity contribution < 1.29 is 25.5 Å². The molecule has 0 bridgehead atoms. The van der Waals surface area contributed by atoms with Crippen LogP contribution in [0.15, 0.2) is 43.0 Å². The molecule has 1 amide bonds. The second kappa shape index (κ2) is 8.76. The van der Waals surface area contributed by atoms with Gasteiger partial charge in [-0.2, -0.15) is 0 Å². The summed E-state index contributed by atoms with van der Waals surface area (Å²) in [6.07, 6.45) is -0.177. The Labute approximate surface area is 124 Å². The van der Waals surface area contributed by atoms with Gasteiger partial charge in [0.05, 0.1) is 14.1 Å². The van der Waals surface area contributed by atoms with Gasteiger partial charge in [0.1, 0.15) is 6.61 Å². The van der Waals surface area contributed by atoms with Crippen LogP contribution in [0.2, 0.25) is 0 Å². The largest absolute Gasteiger partial charge is 0.480 e. The quantitative estimate of drug-likeness (QED) is 0.716. The minimum Gasteiger partial charge on any atom is -0.480 e. The van der Waals surface area contributed by atoms with Gasteiger partial charge in [-0.1, -0.05) is 36.4 Å². The van der Waals surface area contributed by atoms with Gasteiger partial charge in [0.2, 0.25) is 0 Å². The Morgan fingerprint density at radius 3 is 2.81 bits per heavy atom. The Bertz CT molecular complexity index is 506. The molecule has 2 N–H and O–H groups in total. The maximum Gasteiger partial charge on any atom is 0.408 e. The maximum atomic E-state index is 11.7. The topological polar surface area (TPSA) is 84.9 Å². The molecule has 1 aromatic carbocycles. The van der Waals surface area contributed by atoms with Gasteiger partial charge < -0.3 is 19.9 Å². The SMILES string of the molecule is [2H]C=CCO[C@H](C)[C@H](NC(=O)OCc1ccccc1)C(=O)O. The molecule has 21 heavy (non-hydrogen) atoms. The molecule has 114 valence electrons. The summed E-state index contributed by atoms with van der Waals surface area (Å²) in [5, 5.41) is 11.4. The summed E-state index contributed by atoms with van der Waals surface area (Å²) in [4.78, 5) is 22.8. The van der Waals surface area contributed by atoms with Gasteiger partial charge in [-0.15, -0.1) is 6.55 Å². The molecular formula is C15H19NO5. The van der Waals surface area contributed by atoms with E-state index in [1.54, 1.807) is 12.1 Å². The number of carbonyl (C=O) groups is 2. The Morgan fingerprint density at radius 1 is 1.48 bits per heavy atom. The van der Waals surface area contributed by atoms with E-state index < -0.39 is 24.2 Å². The zero-order chi connectivity index (χ0) is 16.4. The van der Waals surface area contributed by atoms with Crippen LogP contribution in [-0.2, 0) is 20.9 Å². The van der Waals surface area contributed by atoms with Crippen LogP contribution < -0.4 is 5.32 Å². The molecule has 0 radical (unpaired) electrons. The number of amides is 1. The molecule has 0 fully saturated rings. The van der Waals surface area contributed by atoms with Crippen LogP contribution in [0.3, 0.4) is 0 Å². The highest BCUT2D eigenvalue weighted by atomic mass is 16.5. The summed E-state index contributed by atoms with van der Waals surface area (Å²) in [6.45, 7) is 2.71. The van der Waals surface area contributed by atoms with E-state index in [0.717, 1.165) is 12.1 Å². The third-order valence-electron chi connectivity index (χ3n) is 2.68. The predicted molar refractivity (Wildman–Crippen MR) is 76.8 cm³/mol. The van der Waals surface area contributed by atoms with Gasteiger partial charge in [-0.3, -0.25) is 0 Å². The lowest BCUT2D eigenvalue weighted by Crippen LogP contribution is -2.48. The number of carboxylic acid groups (broad SMARTS) is 1. The number of hydrogen-bond acceptors (Lipinski definition) is 4. The summed E-state index contributed by atoms with van der Waals surface area (Å²) < 4.78 is 17.0. The number of aliphatic carboxylic acids is 1. The summed E-state index contributed by atoms with van der Waals surface area (Å²) in [6, 6.07) is 7.82. The van der Waals surface area contributed by atoms with E-state index in [1.165, 1.54) is 13.0 Å². The first-order valence-corrected chi connectivity index (χ1v) is 6.39. The van der Waals surface area contributed by atoms with Crippen LogP contribution in [-0.4, -0.2) is 35.9 Å². The number of ether oxygens (including phenoxy) is 2. The van der Waals surface area contributed by atoms with Crippen molar-refractivity contribution in [3.8, 4) is 0 Å². The van der Waals surface area contributed by atoms with Crippen LogP contribution >= 0.6 is 0 Å². The van der Waals surface area contributed by atoms with Gasteiger partial charge in [0, 0.05) is 0 Å². The normalized spacial score (nSPS) is 14.2. The van der Waals surface area contributed by atoms with Crippen molar-refractivity contribution in [2.24, 2.45) is 0 Å². The predicted octanol–water partition coefficient (Wildman–Crippen LogP) is 1.96. The lowest BCUT2D eigenvalue weighted by atomic mass is 10.2. The molecule has 0 heterocycles. The lowest BCUT2D eigenvalue weighted by molar-refractivity contribution is -0.143. The number of carboxylic acids is 1. The second-order valence-corrected chi connectivity index (χ2v) is 4.30. The van der Waals surface area contributed by atoms with E-state index in [4.69, 9.17) is 16.0 Å². The molecule has 2 atom stereocenters. The van der Waals surface area contributed by atoms with Crippen LogP contribution in [0.4, 0.5) is 4.79 Å². The van der Waals surface area contributed by atoms with E-state index in [9.17, 15) is 9.59 Å². The highest BCUT2D eigenvalue weighted by molar-refractivity contribution is 5.80. The zero-order valence-electron chi connectivity index (χ0n) is 12.7. The number of rotatable bonds is 8. The number of hydrogen-bond donors (Lipinski definition) is 2. The van der Waals surface area contributed by atoms with Crippen LogP contribution in [0.1, 0.15) is 13.9 Å². The standard InChI is InChI=1S/C15H19NO5/c1-3-9-20-11(2)13(14(17)18)16-15(19)21-10-12-7-5-4-6-8-12/h3-8,11,13H,1,9-10H2,2H3,(H,16,19)(H,17,18)/t11-,13+/m1/s1/i1D. The van der Waals surface area contributed by atoms with Gasteiger partial charge in [0.25, 0.3) is 0 Å². The molecule has 0 saturated heterocycles. The molecule has 0 aliphatic rings. The first-order valence-electron chi connectivity index (χ1n) is 6.97. The first kappa shape index (κ1) is 15.1. The minimum absolute atomic E-state index is 0.0514. The van der Waals surface area contributed by atoms with Gasteiger partial charge >= 0.3 is 12.1 Å². The van der Waals surface area contributed by atoms with Crippen molar-refractivity contribution >= 4 is 12.1 Å². The molecule has 6 nitrogen and oxygen atoms in total. The number of benzene rings is 1. The van der Waals surface area contributed by atoms with E-state index in [-0.39, 0.29) is 13.2 Å². The Morgan fingerprint density at radius 2 is 2.19 bits per heavy atom. The molecule has 0 spiro atoms. The van der Waals surface area contributed by atoms with Crippen LogP contribution in [0.25, 0.3) is 0 Å². The third kappa shape index (κ3) is 6.09. The fraction of sp³-hybridized carbons (Fsp3) is 0.333. The van der Waals surface area contributed by atoms with Gasteiger partial charge in [-0.05, 0) is 12.5 Å². The van der Waals surface area contributed by atoms with Crippen molar-refractivity contribution in [2.45, 2.75) is 25.7 Å². The summed E-state index contributed by atoms with van der Waals surface area (Å²) in [5.41, 5.74) is 0.800. The summed E-state index contributed by atoms with van der Waals surface area (Å²) in [7, 11) is 0. The molecule has 0 saturated carbocycles. The van der Waals surface area contributed by atoms with E-state index >= 15 is 0 Å². The fourth-order valence-corrected chi connectivity index (χ4v) is 1.58. The average molecular weight is 294 g/mol. The van der Waals surface area contributed by atoms with Crippen LogP contribution in [0.5, 0.6) is 0 Å². The van der Waals surface area contributed by atoms with E-state index in [2.05, 4.69) is 5.32 Å². The van der Waals surface area contributed by atoms with Crippen molar-refractivity contribution in [3.63, 3.8) is 0 Å². The third-order valence-corrected chi connectivity index (χ3v) is 2.68. The molecular weight excluding hydrogens is 274 g/mol. The minimum atomic E-state index is -1.23.